The highest BCUT2D eigenvalue weighted by atomic mass is 16.6. The number of ketones is 1. The summed E-state index contributed by atoms with van der Waals surface area (Å²) in [6.45, 7) is 15.8. The van der Waals surface area contributed by atoms with Crippen molar-refractivity contribution in [3.05, 3.63) is 29.8 Å². The third-order valence-electron chi connectivity index (χ3n) is 6.60. The molecule has 0 saturated heterocycles. The van der Waals surface area contributed by atoms with Gasteiger partial charge >= 0.3 is 0 Å². The highest BCUT2D eigenvalue weighted by Crippen LogP contribution is 2.17. The average Bonchev–Trinajstić information content (AvgIpc) is 3.00. The topological polar surface area (TPSA) is 134 Å². The SMILES string of the molecule is CC(=O)Cc1ccc(OCCOCCOCCOCCOCCOCCC(=O)NCCCN(C)CCCNC(=O)CC(C)(C)C)cc1. The molecule has 0 heterocycles. The molecule has 0 aliphatic carbocycles. The van der Waals surface area contributed by atoms with Crippen LogP contribution in [0.5, 0.6) is 5.75 Å². The Balaban J connectivity index is 1.78. The Bertz CT molecular complexity index is 955. The quantitative estimate of drug-likeness (QED) is 0.118. The molecule has 2 N–H and O–H groups in total. The zero-order valence-electron chi connectivity index (χ0n) is 29.6. The van der Waals surface area contributed by atoms with Gasteiger partial charge in [-0.05, 0) is 63.0 Å². The zero-order valence-corrected chi connectivity index (χ0v) is 29.6. The molecule has 0 saturated carbocycles. The third kappa shape index (κ3) is 28.1. The van der Waals surface area contributed by atoms with Crippen LogP contribution in [-0.4, -0.2) is 128 Å². The molecule has 2 amide bonds. The fourth-order valence-electron chi connectivity index (χ4n) is 4.25. The number of hydrogen-bond donors (Lipinski definition) is 2. The van der Waals surface area contributed by atoms with Gasteiger partial charge in [0.1, 0.15) is 18.1 Å². The molecule has 1 aromatic carbocycles. The van der Waals surface area contributed by atoms with Gasteiger partial charge in [-0.2, -0.15) is 0 Å². The van der Waals surface area contributed by atoms with Crippen molar-refractivity contribution >= 4 is 17.6 Å². The Hall–Kier alpha value is -2.61. The van der Waals surface area contributed by atoms with E-state index in [2.05, 4.69) is 43.4 Å². The molecule has 0 atom stereocenters. The molecule has 0 aromatic heterocycles. The van der Waals surface area contributed by atoms with Crippen LogP contribution in [-0.2, 0) is 44.5 Å². The summed E-state index contributed by atoms with van der Waals surface area (Å²) in [5.41, 5.74) is 0.983. The number of Topliss-reactive ketones (excluding diaryl/α,β-unsaturated/α-hetero) is 1. The molecule has 0 spiro atoms. The Labute approximate surface area is 282 Å². The fraction of sp³-hybridized carbons (Fsp3) is 0.743. The number of carbonyl (C=O) groups is 3. The molecule has 12 heteroatoms. The molecule has 270 valence electrons. The summed E-state index contributed by atoms with van der Waals surface area (Å²) in [5.74, 6) is 0.976. The van der Waals surface area contributed by atoms with Crippen LogP contribution in [0.4, 0.5) is 0 Å². The smallest absolute Gasteiger partial charge is 0.222 e. The third-order valence-corrected chi connectivity index (χ3v) is 6.60. The Morgan fingerprint density at radius 2 is 1.11 bits per heavy atom. The maximum atomic E-state index is 12.0. The van der Waals surface area contributed by atoms with E-state index in [1.165, 1.54) is 0 Å². The number of nitrogens with zero attached hydrogens (tertiary/aromatic N) is 1. The molecule has 47 heavy (non-hydrogen) atoms. The number of nitrogens with one attached hydrogen (secondary N) is 2. The number of ether oxygens (including phenoxy) is 6. The van der Waals surface area contributed by atoms with Gasteiger partial charge in [0.05, 0.1) is 66.1 Å². The lowest BCUT2D eigenvalue weighted by Gasteiger charge is -2.19. The van der Waals surface area contributed by atoms with Gasteiger partial charge in [0.25, 0.3) is 0 Å². The van der Waals surface area contributed by atoms with Crippen molar-refractivity contribution in [2.75, 3.05) is 106 Å². The van der Waals surface area contributed by atoms with Crippen molar-refractivity contribution in [2.24, 2.45) is 5.41 Å². The Morgan fingerprint density at radius 3 is 1.57 bits per heavy atom. The average molecular weight is 668 g/mol. The highest BCUT2D eigenvalue weighted by Gasteiger charge is 2.15. The number of benzene rings is 1. The lowest BCUT2D eigenvalue weighted by Crippen LogP contribution is -2.32. The van der Waals surface area contributed by atoms with E-state index in [0.29, 0.717) is 105 Å². The molecule has 0 fully saturated rings. The van der Waals surface area contributed by atoms with Gasteiger partial charge in [0, 0.05) is 32.4 Å². The van der Waals surface area contributed by atoms with E-state index in [1.54, 1.807) is 6.92 Å². The molecule has 0 bridgehead atoms. The van der Waals surface area contributed by atoms with Crippen LogP contribution >= 0.6 is 0 Å². The largest absolute Gasteiger partial charge is 0.491 e. The van der Waals surface area contributed by atoms with Crippen LogP contribution in [0.2, 0.25) is 0 Å². The van der Waals surface area contributed by atoms with Crippen molar-refractivity contribution in [3.8, 4) is 5.75 Å². The minimum atomic E-state index is -0.0173. The van der Waals surface area contributed by atoms with Gasteiger partial charge in [-0.25, -0.2) is 0 Å². The van der Waals surface area contributed by atoms with E-state index < -0.39 is 0 Å². The van der Waals surface area contributed by atoms with Crippen molar-refractivity contribution < 1.29 is 42.8 Å². The van der Waals surface area contributed by atoms with Crippen molar-refractivity contribution in [1.82, 2.24) is 15.5 Å². The lowest BCUT2D eigenvalue weighted by molar-refractivity contribution is -0.123. The second-order valence-corrected chi connectivity index (χ2v) is 12.6. The van der Waals surface area contributed by atoms with Crippen LogP contribution in [0.1, 0.15) is 58.9 Å². The van der Waals surface area contributed by atoms with Gasteiger partial charge in [0.15, 0.2) is 0 Å². The maximum absolute atomic E-state index is 12.0. The second kappa shape index (κ2) is 27.4. The number of hydrogen-bond acceptors (Lipinski definition) is 10. The number of rotatable bonds is 30. The predicted molar refractivity (Wildman–Crippen MR) is 182 cm³/mol. The second-order valence-electron chi connectivity index (χ2n) is 12.6. The van der Waals surface area contributed by atoms with Crippen LogP contribution in [0, 0.1) is 5.41 Å². The summed E-state index contributed by atoms with van der Waals surface area (Å²) in [5, 5.41) is 5.90. The van der Waals surface area contributed by atoms with E-state index in [-0.39, 0.29) is 23.0 Å². The van der Waals surface area contributed by atoms with Crippen molar-refractivity contribution in [3.63, 3.8) is 0 Å². The molecule has 0 radical (unpaired) electrons. The molecule has 0 aliphatic heterocycles. The van der Waals surface area contributed by atoms with Gasteiger partial charge in [-0.15, -0.1) is 0 Å². The normalized spacial score (nSPS) is 11.5. The first kappa shape index (κ1) is 42.4. The zero-order chi connectivity index (χ0) is 34.6. The fourth-order valence-corrected chi connectivity index (χ4v) is 4.25. The highest BCUT2D eigenvalue weighted by molar-refractivity contribution is 5.78. The number of amides is 2. The molecule has 0 unspecified atom stereocenters. The molecule has 0 aliphatic rings. The van der Waals surface area contributed by atoms with E-state index in [4.69, 9.17) is 28.4 Å². The summed E-state index contributed by atoms with van der Waals surface area (Å²) in [6, 6.07) is 7.51. The van der Waals surface area contributed by atoms with Gasteiger partial charge < -0.3 is 44.0 Å². The van der Waals surface area contributed by atoms with Gasteiger partial charge in [-0.1, -0.05) is 32.9 Å². The Morgan fingerprint density at radius 1 is 0.660 bits per heavy atom. The summed E-state index contributed by atoms with van der Waals surface area (Å²) in [6.07, 6.45) is 3.07. The summed E-state index contributed by atoms with van der Waals surface area (Å²) >= 11 is 0. The van der Waals surface area contributed by atoms with E-state index in [1.807, 2.05) is 24.3 Å². The molecule has 12 nitrogen and oxygen atoms in total. The van der Waals surface area contributed by atoms with Crippen molar-refractivity contribution in [1.29, 1.82) is 0 Å². The minimum Gasteiger partial charge on any atom is -0.491 e. The number of carbonyl (C=O) groups excluding carboxylic acids is 3. The van der Waals surface area contributed by atoms with E-state index >= 15 is 0 Å². The van der Waals surface area contributed by atoms with Crippen LogP contribution in [0.25, 0.3) is 0 Å². The lowest BCUT2D eigenvalue weighted by atomic mass is 9.92. The molecular weight excluding hydrogens is 606 g/mol. The molecule has 1 rings (SSSR count). The summed E-state index contributed by atoms with van der Waals surface area (Å²) < 4.78 is 33.1. The van der Waals surface area contributed by atoms with E-state index in [0.717, 1.165) is 37.2 Å². The predicted octanol–water partition coefficient (Wildman–Crippen LogP) is 3.05. The van der Waals surface area contributed by atoms with Gasteiger partial charge in [0.2, 0.25) is 11.8 Å². The first-order valence-electron chi connectivity index (χ1n) is 16.9. The first-order chi connectivity index (χ1) is 22.5. The van der Waals surface area contributed by atoms with Crippen LogP contribution in [0.3, 0.4) is 0 Å². The monoisotopic (exact) mass is 667 g/mol. The van der Waals surface area contributed by atoms with Crippen LogP contribution < -0.4 is 15.4 Å². The standard InChI is InChI=1S/C35H61N3O9/c1-30(39)28-31-8-10-32(11-9-31)47-27-26-46-25-24-45-23-22-44-21-20-43-19-18-42-17-12-33(40)36-13-6-15-38(5)16-7-14-37-34(41)29-35(2,3)4/h8-11H,6-7,12-29H2,1-5H3,(H,36,40)(H,37,41). The van der Waals surface area contributed by atoms with Crippen molar-refractivity contribution in [2.45, 2.75) is 59.8 Å². The first-order valence-corrected chi connectivity index (χ1v) is 16.9. The van der Waals surface area contributed by atoms with Crippen LogP contribution in [0.15, 0.2) is 24.3 Å². The minimum absolute atomic E-state index is 0.00573. The molecule has 1 aromatic rings. The van der Waals surface area contributed by atoms with E-state index in [9.17, 15) is 14.4 Å². The Kier molecular flexibility index (Phi) is 24.7. The maximum Gasteiger partial charge on any atom is 0.222 e. The summed E-state index contributed by atoms with van der Waals surface area (Å²) in [7, 11) is 2.05. The molecular formula is C35H61N3O9. The summed E-state index contributed by atoms with van der Waals surface area (Å²) in [4.78, 5) is 37.2. The van der Waals surface area contributed by atoms with Gasteiger partial charge in [-0.3, -0.25) is 14.4 Å².